The first-order valence-electron chi connectivity index (χ1n) is 7.92. The van der Waals surface area contributed by atoms with Crippen molar-refractivity contribution in [3.63, 3.8) is 0 Å². The number of fused-ring (bicyclic) bond motifs is 1. The molecule has 0 atom stereocenters. The Labute approximate surface area is 146 Å². The third-order valence-corrected chi connectivity index (χ3v) is 4.04. The lowest BCUT2D eigenvalue weighted by Gasteiger charge is -2.13. The van der Waals surface area contributed by atoms with Crippen LogP contribution < -0.4 is 21.7 Å². The number of benzene rings is 2. The van der Waals surface area contributed by atoms with E-state index in [4.69, 9.17) is 5.73 Å². The second kappa shape index (κ2) is 6.32. The number of anilines is 4. The quantitative estimate of drug-likeness (QED) is 0.510. The van der Waals surface area contributed by atoms with Gasteiger partial charge in [-0.1, -0.05) is 6.07 Å². The highest BCUT2D eigenvalue weighted by Gasteiger charge is 2.26. The van der Waals surface area contributed by atoms with E-state index in [1.807, 2.05) is 32.0 Å². The van der Waals surface area contributed by atoms with E-state index in [-0.39, 0.29) is 11.8 Å². The molecule has 2 aromatic carbocycles. The average molecular weight is 336 g/mol. The summed E-state index contributed by atoms with van der Waals surface area (Å²) < 4.78 is 0. The predicted molar refractivity (Wildman–Crippen MR) is 101 cm³/mol. The zero-order valence-corrected chi connectivity index (χ0v) is 14.4. The Morgan fingerprint density at radius 3 is 2.56 bits per heavy atom. The average Bonchev–Trinajstić information content (AvgIpc) is 2.85. The highest BCUT2D eigenvalue weighted by atomic mass is 16.2. The number of nitrogens with two attached hydrogens (primary N) is 1. The maximum Gasteiger partial charge on any atom is 0.258 e. The van der Waals surface area contributed by atoms with E-state index >= 15 is 0 Å². The van der Waals surface area contributed by atoms with Crippen LogP contribution in [-0.2, 0) is 9.59 Å². The van der Waals surface area contributed by atoms with Crippen LogP contribution in [0.2, 0.25) is 0 Å². The monoisotopic (exact) mass is 336 g/mol. The molecular formula is C19H20N4O2. The van der Waals surface area contributed by atoms with Gasteiger partial charge in [0, 0.05) is 40.9 Å². The molecule has 0 saturated heterocycles. The molecule has 0 radical (unpaired) electrons. The third kappa shape index (κ3) is 3.33. The minimum absolute atomic E-state index is 0.130. The Hall–Kier alpha value is -3.28. The fourth-order valence-electron chi connectivity index (χ4n) is 2.86. The van der Waals surface area contributed by atoms with Crippen molar-refractivity contribution in [2.75, 3.05) is 21.7 Å². The molecular weight excluding hydrogens is 316 g/mol. The van der Waals surface area contributed by atoms with Crippen molar-refractivity contribution in [2.45, 2.75) is 20.8 Å². The number of nitrogens with one attached hydrogen (secondary N) is 3. The number of carbonyl (C=O) groups excluding carboxylic acids is 2. The highest BCUT2D eigenvalue weighted by Crippen LogP contribution is 2.35. The minimum Gasteiger partial charge on any atom is -0.399 e. The summed E-state index contributed by atoms with van der Waals surface area (Å²) in [5, 5.41) is 8.88. The molecule has 0 bridgehead atoms. The Kier molecular flexibility index (Phi) is 4.19. The lowest BCUT2D eigenvalue weighted by Crippen LogP contribution is -2.10. The molecule has 0 aliphatic carbocycles. The van der Waals surface area contributed by atoms with Gasteiger partial charge in [-0.15, -0.1) is 0 Å². The van der Waals surface area contributed by atoms with E-state index in [2.05, 4.69) is 16.0 Å². The number of hydrogen-bond acceptors (Lipinski definition) is 4. The molecule has 0 aromatic heterocycles. The summed E-state index contributed by atoms with van der Waals surface area (Å²) >= 11 is 0. The Bertz CT molecular complexity index is 916. The molecule has 1 aliphatic rings. The van der Waals surface area contributed by atoms with E-state index in [0.717, 1.165) is 28.2 Å². The zero-order valence-electron chi connectivity index (χ0n) is 14.4. The molecule has 5 N–H and O–H groups in total. The minimum atomic E-state index is -0.167. The summed E-state index contributed by atoms with van der Waals surface area (Å²) in [5.74, 6) is -0.297. The van der Waals surface area contributed by atoms with Gasteiger partial charge < -0.3 is 21.7 Å². The standard InChI is InChI=1S/C19H20N4O2/c1-10-4-6-14(9-17(10)22-12(3)24)21-11(2)18-15-8-13(20)5-7-16(15)23-19(18)25/h4-9,21H,20H2,1-3H3,(H,22,24)(H,23,25). The second-order valence-electron chi connectivity index (χ2n) is 6.10. The van der Waals surface area contributed by atoms with Gasteiger partial charge in [0.2, 0.25) is 5.91 Å². The first kappa shape index (κ1) is 16.6. The molecule has 6 heteroatoms. The molecule has 0 unspecified atom stereocenters. The van der Waals surface area contributed by atoms with E-state index in [1.165, 1.54) is 6.92 Å². The van der Waals surface area contributed by atoms with Crippen molar-refractivity contribution in [1.29, 1.82) is 0 Å². The predicted octanol–water partition coefficient (Wildman–Crippen LogP) is 3.33. The van der Waals surface area contributed by atoms with Crippen LogP contribution in [0.15, 0.2) is 42.1 Å². The van der Waals surface area contributed by atoms with Gasteiger partial charge in [-0.25, -0.2) is 0 Å². The van der Waals surface area contributed by atoms with Crippen LogP contribution in [0.3, 0.4) is 0 Å². The zero-order chi connectivity index (χ0) is 18.1. The largest absolute Gasteiger partial charge is 0.399 e. The molecule has 1 heterocycles. The van der Waals surface area contributed by atoms with Crippen molar-refractivity contribution in [1.82, 2.24) is 0 Å². The highest BCUT2D eigenvalue weighted by molar-refractivity contribution is 6.32. The second-order valence-corrected chi connectivity index (χ2v) is 6.10. The molecule has 0 spiro atoms. The lowest BCUT2D eigenvalue weighted by atomic mass is 10.0. The van der Waals surface area contributed by atoms with Gasteiger partial charge in [0.05, 0.1) is 5.57 Å². The van der Waals surface area contributed by atoms with E-state index in [9.17, 15) is 9.59 Å². The van der Waals surface area contributed by atoms with Gasteiger partial charge >= 0.3 is 0 Å². The maximum absolute atomic E-state index is 12.3. The first-order valence-corrected chi connectivity index (χ1v) is 7.92. The van der Waals surface area contributed by atoms with Crippen LogP contribution >= 0.6 is 0 Å². The number of amides is 2. The number of rotatable bonds is 3. The van der Waals surface area contributed by atoms with E-state index in [1.54, 1.807) is 18.2 Å². The van der Waals surface area contributed by atoms with Gasteiger partial charge in [0.1, 0.15) is 0 Å². The summed E-state index contributed by atoms with van der Waals surface area (Å²) in [5.41, 5.74) is 11.7. The van der Waals surface area contributed by atoms with Gasteiger partial charge in [-0.05, 0) is 49.7 Å². The van der Waals surface area contributed by atoms with Crippen molar-refractivity contribution in [3.05, 3.63) is 53.2 Å². The summed E-state index contributed by atoms with van der Waals surface area (Å²) in [6.45, 7) is 5.23. The van der Waals surface area contributed by atoms with Crippen molar-refractivity contribution >= 4 is 40.1 Å². The summed E-state index contributed by atoms with van der Waals surface area (Å²) in [6.07, 6.45) is 0. The SMILES string of the molecule is CC(=O)Nc1cc(NC(C)=C2C(=O)Nc3ccc(N)cc32)ccc1C. The van der Waals surface area contributed by atoms with Gasteiger partial charge in [-0.2, -0.15) is 0 Å². The molecule has 2 amide bonds. The van der Waals surface area contributed by atoms with E-state index < -0.39 is 0 Å². The maximum atomic E-state index is 12.3. The van der Waals surface area contributed by atoms with Gasteiger partial charge in [0.15, 0.2) is 0 Å². The van der Waals surface area contributed by atoms with Crippen LogP contribution in [0.4, 0.5) is 22.7 Å². The summed E-state index contributed by atoms with van der Waals surface area (Å²) in [7, 11) is 0. The molecule has 1 aliphatic heterocycles. The Morgan fingerprint density at radius 1 is 1.08 bits per heavy atom. The fourth-order valence-corrected chi connectivity index (χ4v) is 2.86. The Morgan fingerprint density at radius 2 is 1.84 bits per heavy atom. The van der Waals surface area contributed by atoms with Crippen molar-refractivity contribution < 1.29 is 9.59 Å². The van der Waals surface area contributed by atoms with Gasteiger partial charge in [-0.3, -0.25) is 9.59 Å². The number of carbonyl (C=O) groups is 2. The van der Waals surface area contributed by atoms with Crippen LogP contribution in [0.25, 0.3) is 5.57 Å². The fraction of sp³-hybridized carbons (Fsp3) is 0.158. The third-order valence-electron chi connectivity index (χ3n) is 4.04. The summed E-state index contributed by atoms with van der Waals surface area (Å²) in [4.78, 5) is 23.6. The molecule has 3 rings (SSSR count). The number of hydrogen-bond donors (Lipinski definition) is 4. The number of aryl methyl sites for hydroxylation is 1. The summed E-state index contributed by atoms with van der Waals surface area (Å²) in [6, 6.07) is 11.0. The molecule has 0 fully saturated rings. The van der Waals surface area contributed by atoms with Gasteiger partial charge in [0.25, 0.3) is 5.91 Å². The molecule has 25 heavy (non-hydrogen) atoms. The smallest absolute Gasteiger partial charge is 0.258 e. The number of nitrogen functional groups attached to an aromatic ring is 1. The molecule has 128 valence electrons. The topological polar surface area (TPSA) is 96.2 Å². The molecule has 0 saturated carbocycles. The normalized spacial score (nSPS) is 14.6. The van der Waals surface area contributed by atoms with Crippen LogP contribution in [0, 0.1) is 6.92 Å². The van der Waals surface area contributed by atoms with Crippen LogP contribution in [-0.4, -0.2) is 11.8 Å². The van der Waals surface area contributed by atoms with Crippen LogP contribution in [0.1, 0.15) is 25.0 Å². The van der Waals surface area contributed by atoms with Crippen molar-refractivity contribution in [2.24, 2.45) is 0 Å². The number of allylic oxidation sites excluding steroid dienone is 1. The first-order chi connectivity index (χ1) is 11.8. The molecule has 2 aromatic rings. The van der Waals surface area contributed by atoms with Crippen molar-refractivity contribution in [3.8, 4) is 0 Å². The lowest BCUT2D eigenvalue weighted by molar-refractivity contribution is -0.114. The van der Waals surface area contributed by atoms with Crippen LogP contribution in [0.5, 0.6) is 0 Å². The molecule has 6 nitrogen and oxygen atoms in total. The van der Waals surface area contributed by atoms with E-state index in [0.29, 0.717) is 17.0 Å². The Balaban J connectivity index is 1.96.